The average molecular weight is 261 g/mol. The Labute approximate surface area is 112 Å². The van der Waals surface area contributed by atoms with E-state index in [-0.39, 0.29) is 0 Å². The number of hydrogen-bond acceptors (Lipinski definition) is 3. The first kappa shape index (κ1) is 11.9. The lowest BCUT2D eigenvalue weighted by Gasteiger charge is -2.12. The van der Waals surface area contributed by atoms with Gasteiger partial charge in [-0.1, -0.05) is 6.92 Å². The smallest absolute Gasteiger partial charge is 0.123 e. The zero-order valence-corrected chi connectivity index (χ0v) is 11.5. The Balaban J connectivity index is 2.13. The van der Waals surface area contributed by atoms with E-state index in [9.17, 15) is 0 Å². The van der Waals surface area contributed by atoms with E-state index in [1.807, 2.05) is 23.9 Å². The van der Waals surface area contributed by atoms with Crippen LogP contribution < -0.4 is 5.73 Å². The van der Waals surface area contributed by atoms with Gasteiger partial charge in [0, 0.05) is 12.2 Å². The first-order valence-electron chi connectivity index (χ1n) is 6.67. The highest BCUT2D eigenvalue weighted by Gasteiger charge is 2.23. The SMILES string of the molecule is CCCn1c(C2CCCS2)nc2ccc(N)cc21. The van der Waals surface area contributed by atoms with Crippen molar-refractivity contribution in [1.82, 2.24) is 9.55 Å². The Kier molecular flexibility index (Phi) is 3.20. The molecule has 3 rings (SSSR count). The number of aryl methyl sites for hydroxylation is 1. The fraction of sp³-hybridized carbons (Fsp3) is 0.500. The number of aromatic nitrogens is 2. The number of fused-ring (bicyclic) bond motifs is 1. The molecule has 1 atom stereocenters. The minimum absolute atomic E-state index is 0.574. The van der Waals surface area contributed by atoms with Crippen LogP contribution in [0.15, 0.2) is 18.2 Å². The average Bonchev–Trinajstić information content (AvgIpc) is 2.98. The number of rotatable bonds is 3. The van der Waals surface area contributed by atoms with E-state index in [1.165, 1.54) is 29.9 Å². The highest BCUT2D eigenvalue weighted by molar-refractivity contribution is 7.99. The van der Waals surface area contributed by atoms with Gasteiger partial charge in [0.05, 0.1) is 16.3 Å². The summed E-state index contributed by atoms with van der Waals surface area (Å²) in [7, 11) is 0. The molecule has 2 aromatic rings. The van der Waals surface area contributed by atoms with Gasteiger partial charge < -0.3 is 10.3 Å². The number of benzene rings is 1. The Morgan fingerprint density at radius 1 is 1.50 bits per heavy atom. The first-order valence-corrected chi connectivity index (χ1v) is 7.71. The molecule has 0 saturated carbocycles. The van der Waals surface area contributed by atoms with Gasteiger partial charge in [-0.05, 0) is 43.2 Å². The molecule has 0 spiro atoms. The topological polar surface area (TPSA) is 43.8 Å². The third-order valence-corrected chi connectivity index (χ3v) is 4.84. The molecule has 1 aliphatic heterocycles. The van der Waals surface area contributed by atoms with Crippen molar-refractivity contribution in [3.05, 3.63) is 24.0 Å². The first-order chi connectivity index (χ1) is 8.79. The van der Waals surface area contributed by atoms with Crippen LogP contribution in [-0.4, -0.2) is 15.3 Å². The van der Waals surface area contributed by atoms with Gasteiger partial charge in [-0.3, -0.25) is 0 Å². The summed E-state index contributed by atoms with van der Waals surface area (Å²) in [6, 6.07) is 6.04. The maximum Gasteiger partial charge on any atom is 0.123 e. The quantitative estimate of drug-likeness (QED) is 0.859. The zero-order chi connectivity index (χ0) is 12.5. The zero-order valence-electron chi connectivity index (χ0n) is 10.7. The monoisotopic (exact) mass is 261 g/mol. The normalized spacial score (nSPS) is 19.7. The van der Waals surface area contributed by atoms with Crippen LogP contribution in [0.5, 0.6) is 0 Å². The lowest BCUT2D eigenvalue weighted by molar-refractivity contribution is 0.637. The van der Waals surface area contributed by atoms with Crippen LogP contribution in [-0.2, 0) is 6.54 Å². The highest BCUT2D eigenvalue weighted by atomic mass is 32.2. The van der Waals surface area contributed by atoms with Gasteiger partial charge in [0.2, 0.25) is 0 Å². The molecule has 96 valence electrons. The maximum atomic E-state index is 5.91. The standard InChI is InChI=1S/C14H19N3S/c1-2-7-17-12-9-10(15)5-6-11(12)16-14(17)13-4-3-8-18-13/h5-6,9,13H,2-4,7-8,15H2,1H3. The van der Waals surface area contributed by atoms with Gasteiger partial charge in [0.1, 0.15) is 5.82 Å². The Bertz CT molecular complexity index is 555. The number of hydrogen-bond donors (Lipinski definition) is 1. The van der Waals surface area contributed by atoms with Gasteiger partial charge in [-0.2, -0.15) is 11.8 Å². The van der Waals surface area contributed by atoms with E-state index in [0.717, 1.165) is 24.2 Å². The Hall–Kier alpha value is -1.16. The number of nitrogen functional groups attached to an aromatic ring is 1. The van der Waals surface area contributed by atoms with Crippen LogP contribution in [0, 0.1) is 0 Å². The van der Waals surface area contributed by atoms with Crippen molar-refractivity contribution in [3.8, 4) is 0 Å². The lowest BCUT2D eigenvalue weighted by Crippen LogP contribution is -2.05. The van der Waals surface area contributed by atoms with Crippen molar-refractivity contribution >= 4 is 28.5 Å². The number of anilines is 1. The second-order valence-corrected chi connectivity index (χ2v) is 6.18. The van der Waals surface area contributed by atoms with Crippen molar-refractivity contribution in [3.63, 3.8) is 0 Å². The molecule has 1 saturated heterocycles. The Morgan fingerprint density at radius 2 is 2.39 bits per heavy atom. The van der Waals surface area contributed by atoms with E-state index >= 15 is 0 Å². The molecule has 1 aromatic heterocycles. The molecule has 1 aliphatic rings. The number of nitrogens with two attached hydrogens (primary N) is 1. The number of nitrogens with zero attached hydrogens (tertiary/aromatic N) is 2. The molecule has 0 amide bonds. The van der Waals surface area contributed by atoms with Crippen LogP contribution in [0.2, 0.25) is 0 Å². The molecule has 0 radical (unpaired) electrons. The molecule has 1 fully saturated rings. The second kappa shape index (κ2) is 4.84. The minimum Gasteiger partial charge on any atom is -0.399 e. The van der Waals surface area contributed by atoms with E-state index in [4.69, 9.17) is 10.7 Å². The fourth-order valence-corrected chi connectivity index (χ4v) is 3.92. The predicted octanol–water partition coefficient (Wildman–Crippen LogP) is 3.60. The van der Waals surface area contributed by atoms with Gasteiger partial charge >= 0.3 is 0 Å². The molecule has 0 aliphatic carbocycles. The highest BCUT2D eigenvalue weighted by Crippen LogP contribution is 2.40. The van der Waals surface area contributed by atoms with E-state index in [1.54, 1.807) is 0 Å². The van der Waals surface area contributed by atoms with E-state index < -0.39 is 0 Å². The van der Waals surface area contributed by atoms with E-state index in [0.29, 0.717) is 5.25 Å². The summed E-state index contributed by atoms with van der Waals surface area (Å²) >= 11 is 2.04. The third-order valence-electron chi connectivity index (χ3n) is 3.47. The van der Waals surface area contributed by atoms with Crippen molar-refractivity contribution < 1.29 is 0 Å². The minimum atomic E-state index is 0.574. The summed E-state index contributed by atoms with van der Waals surface area (Å²) in [6.45, 7) is 3.25. The molecule has 2 N–H and O–H groups in total. The lowest BCUT2D eigenvalue weighted by atomic mass is 10.2. The molecule has 0 bridgehead atoms. The van der Waals surface area contributed by atoms with Gasteiger partial charge in [0.15, 0.2) is 0 Å². The molecular formula is C14H19N3S. The predicted molar refractivity (Wildman–Crippen MR) is 78.9 cm³/mol. The summed E-state index contributed by atoms with van der Waals surface area (Å²) in [5.41, 5.74) is 9.01. The molecule has 3 nitrogen and oxygen atoms in total. The molecule has 2 heterocycles. The van der Waals surface area contributed by atoms with Crippen molar-refractivity contribution in [1.29, 1.82) is 0 Å². The molecule has 4 heteroatoms. The summed E-state index contributed by atoms with van der Waals surface area (Å²) in [5, 5.41) is 0.574. The molecular weight excluding hydrogens is 242 g/mol. The van der Waals surface area contributed by atoms with Crippen LogP contribution >= 0.6 is 11.8 Å². The van der Waals surface area contributed by atoms with Crippen LogP contribution in [0.3, 0.4) is 0 Å². The maximum absolute atomic E-state index is 5.91. The van der Waals surface area contributed by atoms with Crippen molar-refractivity contribution in [2.24, 2.45) is 0 Å². The summed E-state index contributed by atoms with van der Waals surface area (Å²) < 4.78 is 2.37. The summed E-state index contributed by atoms with van der Waals surface area (Å²) in [6.07, 6.45) is 3.70. The molecule has 1 unspecified atom stereocenters. The van der Waals surface area contributed by atoms with Gasteiger partial charge in [-0.25, -0.2) is 4.98 Å². The van der Waals surface area contributed by atoms with Crippen molar-refractivity contribution in [2.45, 2.75) is 38.0 Å². The van der Waals surface area contributed by atoms with Gasteiger partial charge in [-0.15, -0.1) is 0 Å². The van der Waals surface area contributed by atoms with Crippen LogP contribution in [0.25, 0.3) is 11.0 Å². The second-order valence-electron chi connectivity index (χ2n) is 4.87. The van der Waals surface area contributed by atoms with Gasteiger partial charge in [0.25, 0.3) is 0 Å². The fourth-order valence-electron chi connectivity index (χ4n) is 2.64. The third kappa shape index (κ3) is 1.99. The Morgan fingerprint density at radius 3 is 3.11 bits per heavy atom. The number of thioether (sulfide) groups is 1. The van der Waals surface area contributed by atoms with Crippen molar-refractivity contribution in [2.75, 3.05) is 11.5 Å². The van der Waals surface area contributed by atoms with Crippen LogP contribution in [0.1, 0.15) is 37.3 Å². The van der Waals surface area contributed by atoms with E-state index in [2.05, 4.69) is 17.6 Å². The molecule has 1 aromatic carbocycles. The summed E-state index contributed by atoms with van der Waals surface area (Å²) in [5.74, 6) is 2.52. The largest absolute Gasteiger partial charge is 0.399 e. The number of imidazole rings is 1. The van der Waals surface area contributed by atoms with Crippen LogP contribution in [0.4, 0.5) is 5.69 Å². The molecule has 18 heavy (non-hydrogen) atoms. The summed E-state index contributed by atoms with van der Waals surface area (Å²) in [4.78, 5) is 4.84.